The van der Waals surface area contributed by atoms with Crippen LogP contribution < -0.4 is 11.3 Å². The first kappa shape index (κ1) is 13.6. The average molecular weight is 334 g/mol. The highest BCUT2D eigenvalue weighted by Crippen LogP contribution is 2.32. The molecule has 5 nitrogen and oxygen atoms in total. The molecule has 0 aliphatic carbocycles. The summed E-state index contributed by atoms with van der Waals surface area (Å²) >= 11 is 9.49. The number of nitrogens with two attached hydrogens (primary N) is 1. The monoisotopic (exact) mass is 332 g/mol. The molecule has 1 atom stereocenters. The number of halogens is 2. The van der Waals surface area contributed by atoms with Crippen LogP contribution in [0.3, 0.4) is 0 Å². The summed E-state index contributed by atoms with van der Waals surface area (Å²) < 4.78 is 7.90. The normalized spacial score (nSPS) is 12.9. The second-order valence-electron chi connectivity index (χ2n) is 3.85. The molecule has 0 saturated heterocycles. The zero-order valence-corrected chi connectivity index (χ0v) is 12.2. The van der Waals surface area contributed by atoms with Gasteiger partial charge in [0.25, 0.3) is 0 Å². The maximum absolute atomic E-state index is 6.00. The number of aryl methyl sites for hydroxylation is 1. The van der Waals surface area contributed by atoms with E-state index in [2.05, 4.69) is 33.4 Å². The van der Waals surface area contributed by atoms with E-state index in [1.165, 1.54) is 6.26 Å². The van der Waals surface area contributed by atoms with Crippen LogP contribution in [0, 0.1) is 0 Å². The summed E-state index contributed by atoms with van der Waals surface area (Å²) in [6.45, 7) is 2.91. The van der Waals surface area contributed by atoms with Crippen molar-refractivity contribution in [1.82, 2.24) is 15.2 Å². The van der Waals surface area contributed by atoms with Crippen molar-refractivity contribution in [2.45, 2.75) is 25.9 Å². The van der Waals surface area contributed by atoms with Crippen LogP contribution in [0.4, 0.5) is 0 Å². The van der Waals surface area contributed by atoms with Crippen LogP contribution in [0.5, 0.6) is 0 Å². The third kappa shape index (κ3) is 2.47. The van der Waals surface area contributed by atoms with Crippen molar-refractivity contribution < 1.29 is 4.42 Å². The lowest BCUT2D eigenvalue weighted by Gasteiger charge is -2.17. The fourth-order valence-corrected chi connectivity index (χ4v) is 2.62. The molecule has 18 heavy (non-hydrogen) atoms. The van der Waals surface area contributed by atoms with Crippen molar-refractivity contribution in [3.63, 3.8) is 0 Å². The maximum atomic E-state index is 6.00. The molecular weight excluding hydrogens is 320 g/mol. The van der Waals surface area contributed by atoms with Crippen LogP contribution in [0.2, 0.25) is 5.22 Å². The minimum absolute atomic E-state index is 0.264. The Kier molecular flexibility index (Phi) is 4.45. The van der Waals surface area contributed by atoms with Crippen LogP contribution in [-0.4, -0.2) is 9.78 Å². The van der Waals surface area contributed by atoms with Gasteiger partial charge >= 0.3 is 0 Å². The molecule has 98 valence electrons. The van der Waals surface area contributed by atoms with Crippen LogP contribution in [0.15, 0.2) is 27.4 Å². The topological polar surface area (TPSA) is 69.0 Å². The molecule has 0 amide bonds. The Morgan fingerprint density at radius 2 is 2.44 bits per heavy atom. The predicted octanol–water partition coefficient (Wildman–Crippen LogP) is 2.85. The summed E-state index contributed by atoms with van der Waals surface area (Å²) in [6, 6.07) is 1.53. The van der Waals surface area contributed by atoms with Crippen LogP contribution in [-0.2, 0) is 6.54 Å². The van der Waals surface area contributed by atoms with Gasteiger partial charge < -0.3 is 4.42 Å². The summed E-state index contributed by atoms with van der Waals surface area (Å²) in [5.41, 5.74) is 4.47. The second-order valence-corrected chi connectivity index (χ2v) is 5.05. The van der Waals surface area contributed by atoms with Crippen LogP contribution in [0.25, 0.3) is 0 Å². The lowest BCUT2D eigenvalue weighted by Crippen LogP contribution is -2.31. The summed E-state index contributed by atoms with van der Waals surface area (Å²) in [6.07, 6.45) is 4.28. The fourth-order valence-electron chi connectivity index (χ4n) is 1.88. The van der Waals surface area contributed by atoms with Gasteiger partial charge in [-0.05, 0) is 40.0 Å². The van der Waals surface area contributed by atoms with Gasteiger partial charge in [0.15, 0.2) is 5.22 Å². The van der Waals surface area contributed by atoms with Gasteiger partial charge in [0.2, 0.25) is 0 Å². The standard InChI is InChI=1S/C11H14BrClN4O/c1-2-4-17-10(8(12)6-15-17)9(16-14)7-3-5-18-11(7)13/h3,5-6,9,16H,2,4,14H2,1H3. The maximum Gasteiger partial charge on any atom is 0.198 e. The van der Waals surface area contributed by atoms with E-state index >= 15 is 0 Å². The number of rotatable bonds is 5. The Morgan fingerprint density at radius 3 is 3.00 bits per heavy atom. The van der Waals surface area contributed by atoms with Gasteiger partial charge in [0.05, 0.1) is 28.7 Å². The molecule has 2 aromatic rings. The van der Waals surface area contributed by atoms with Crippen LogP contribution >= 0.6 is 27.5 Å². The molecule has 0 aliphatic heterocycles. The van der Waals surface area contributed by atoms with E-state index in [0.717, 1.165) is 28.7 Å². The minimum Gasteiger partial charge on any atom is -0.453 e. The minimum atomic E-state index is -0.264. The zero-order valence-electron chi connectivity index (χ0n) is 9.86. The Morgan fingerprint density at radius 1 is 1.67 bits per heavy atom. The highest BCUT2D eigenvalue weighted by molar-refractivity contribution is 9.10. The number of hydrazine groups is 1. The number of nitrogens with one attached hydrogen (secondary N) is 1. The van der Waals surface area contributed by atoms with Crippen molar-refractivity contribution in [2.75, 3.05) is 0 Å². The lowest BCUT2D eigenvalue weighted by molar-refractivity contribution is 0.511. The molecule has 2 heterocycles. The molecule has 0 aromatic carbocycles. The van der Waals surface area contributed by atoms with Gasteiger partial charge in [-0.2, -0.15) is 5.10 Å². The molecular formula is C11H14BrClN4O. The lowest BCUT2D eigenvalue weighted by atomic mass is 10.1. The smallest absolute Gasteiger partial charge is 0.198 e. The van der Waals surface area contributed by atoms with E-state index in [4.69, 9.17) is 21.9 Å². The molecule has 0 bridgehead atoms. The van der Waals surface area contributed by atoms with E-state index in [1.54, 1.807) is 12.3 Å². The fraction of sp³-hybridized carbons (Fsp3) is 0.364. The largest absolute Gasteiger partial charge is 0.453 e. The molecule has 2 aromatic heterocycles. The molecule has 1 unspecified atom stereocenters. The first-order chi connectivity index (χ1) is 8.69. The zero-order chi connectivity index (χ0) is 13.1. The van der Waals surface area contributed by atoms with Crippen molar-refractivity contribution >= 4 is 27.5 Å². The number of aromatic nitrogens is 2. The Balaban J connectivity index is 2.45. The van der Waals surface area contributed by atoms with Crippen molar-refractivity contribution in [1.29, 1.82) is 0 Å². The molecule has 7 heteroatoms. The molecule has 0 saturated carbocycles. The molecule has 3 N–H and O–H groups in total. The van der Waals surface area contributed by atoms with Gasteiger partial charge in [-0.15, -0.1) is 0 Å². The van der Waals surface area contributed by atoms with Crippen LogP contribution in [0.1, 0.15) is 30.6 Å². The van der Waals surface area contributed by atoms with Crippen molar-refractivity contribution in [3.8, 4) is 0 Å². The summed E-state index contributed by atoms with van der Waals surface area (Å²) in [5, 5.41) is 4.64. The molecule has 0 spiro atoms. The van der Waals surface area contributed by atoms with Crippen molar-refractivity contribution in [2.24, 2.45) is 5.84 Å². The Hall–Kier alpha value is -0.820. The van der Waals surface area contributed by atoms with Gasteiger partial charge in [0, 0.05) is 12.1 Å². The van der Waals surface area contributed by atoms with E-state index < -0.39 is 0 Å². The first-order valence-electron chi connectivity index (χ1n) is 5.59. The van der Waals surface area contributed by atoms with Gasteiger partial charge in [0.1, 0.15) is 0 Å². The third-order valence-corrected chi connectivity index (χ3v) is 3.58. The SMILES string of the molecule is CCCn1ncc(Br)c1C(NN)c1ccoc1Cl. The van der Waals surface area contributed by atoms with E-state index in [0.29, 0.717) is 5.22 Å². The predicted molar refractivity (Wildman–Crippen MR) is 73.1 cm³/mol. The first-order valence-corrected chi connectivity index (χ1v) is 6.76. The summed E-state index contributed by atoms with van der Waals surface area (Å²) in [4.78, 5) is 0. The van der Waals surface area contributed by atoms with Crippen molar-refractivity contribution in [3.05, 3.63) is 39.5 Å². The second kappa shape index (κ2) is 5.88. The highest BCUT2D eigenvalue weighted by atomic mass is 79.9. The number of nitrogens with zero attached hydrogens (tertiary/aromatic N) is 2. The highest BCUT2D eigenvalue weighted by Gasteiger charge is 2.24. The Bertz CT molecular complexity index is 525. The number of furan rings is 1. The molecule has 0 radical (unpaired) electrons. The van der Waals surface area contributed by atoms with Gasteiger partial charge in [-0.25, -0.2) is 5.43 Å². The number of hydrogen-bond donors (Lipinski definition) is 2. The summed E-state index contributed by atoms with van der Waals surface area (Å²) in [5.74, 6) is 5.65. The third-order valence-electron chi connectivity index (χ3n) is 2.67. The van der Waals surface area contributed by atoms with Gasteiger partial charge in [-0.3, -0.25) is 10.5 Å². The quantitative estimate of drug-likeness (QED) is 0.652. The van der Waals surface area contributed by atoms with E-state index in [-0.39, 0.29) is 6.04 Å². The van der Waals surface area contributed by atoms with E-state index in [9.17, 15) is 0 Å². The number of hydrogen-bond acceptors (Lipinski definition) is 4. The molecule has 0 fully saturated rings. The summed E-state index contributed by atoms with van der Waals surface area (Å²) in [7, 11) is 0. The van der Waals surface area contributed by atoms with Gasteiger partial charge in [-0.1, -0.05) is 6.92 Å². The molecule has 2 rings (SSSR count). The molecule has 0 aliphatic rings. The Labute approximate surface area is 118 Å². The van der Waals surface area contributed by atoms with E-state index in [1.807, 2.05) is 4.68 Å². The average Bonchev–Trinajstić information content (AvgIpc) is 2.91.